The molecule has 15 heavy (non-hydrogen) atoms. The lowest BCUT2D eigenvalue weighted by Gasteiger charge is -2.25. The highest BCUT2D eigenvalue weighted by Crippen LogP contribution is 2.19. The second-order valence-corrected chi connectivity index (χ2v) is 5.26. The fourth-order valence-electron chi connectivity index (χ4n) is 2.11. The smallest absolute Gasteiger partial charge is 0.320 e. The summed E-state index contributed by atoms with van der Waals surface area (Å²) in [4.78, 5) is 13.9. The summed E-state index contributed by atoms with van der Waals surface area (Å²) in [7, 11) is 0. The van der Waals surface area contributed by atoms with Crippen LogP contribution < -0.4 is 0 Å². The number of ether oxygens (including phenoxy) is 1. The Hall–Kier alpha value is -0.570. The Morgan fingerprint density at radius 2 is 2.13 bits per heavy atom. The fourth-order valence-corrected chi connectivity index (χ4v) is 2.11. The highest BCUT2D eigenvalue weighted by Gasteiger charge is 2.26. The number of carbonyl (C=O) groups is 1. The summed E-state index contributed by atoms with van der Waals surface area (Å²) in [6, 6.07) is 0.581. The van der Waals surface area contributed by atoms with Crippen molar-refractivity contribution in [3.05, 3.63) is 0 Å². The van der Waals surface area contributed by atoms with Crippen LogP contribution >= 0.6 is 0 Å². The number of nitrogens with zero attached hydrogens (tertiary/aromatic N) is 1. The van der Waals surface area contributed by atoms with E-state index in [1.165, 1.54) is 12.8 Å². The number of hydrogen-bond donors (Lipinski definition) is 0. The van der Waals surface area contributed by atoms with E-state index >= 15 is 0 Å². The van der Waals surface area contributed by atoms with Gasteiger partial charge in [-0.25, -0.2) is 0 Å². The average molecular weight is 213 g/mol. The molecule has 0 aromatic rings. The number of likely N-dealkylation sites (tertiary alicyclic amines) is 1. The minimum Gasteiger partial charge on any atom is -0.459 e. The monoisotopic (exact) mass is 213 g/mol. The summed E-state index contributed by atoms with van der Waals surface area (Å²) in [5, 5.41) is 0. The minimum absolute atomic E-state index is 0.0946. The van der Waals surface area contributed by atoms with Gasteiger partial charge in [-0.15, -0.1) is 0 Å². The Morgan fingerprint density at radius 1 is 1.47 bits per heavy atom. The molecule has 1 fully saturated rings. The molecule has 0 spiro atoms. The van der Waals surface area contributed by atoms with Crippen molar-refractivity contribution in [3.63, 3.8) is 0 Å². The molecule has 1 heterocycles. The minimum atomic E-state index is -0.363. The topological polar surface area (TPSA) is 29.5 Å². The van der Waals surface area contributed by atoms with E-state index in [2.05, 4.69) is 11.8 Å². The predicted octanol–water partition coefficient (Wildman–Crippen LogP) is 2.20. The molecule has 1 aliphatic rings. The molecule has 3 heteroatoms. The van der Waals surface area contributed by atoms with Crippen LogP contribution in [0.1, 0.15) is 47.0 Å². The van der Waals surface area contributed by atoms with E-state index in [-0.39, 0.29) is 11.6 Å². The lowest BCUT2D eigenvalue weighted by Crippen LogP contribution is -2.37. The van der Waals surface area contributed by atoms with E-state index < -0.39 is 0 Å². The lowest BCUT2D eigenvalue weighted by molar-refractivity contribution is -0.156. The quantitative estimate of drug-likeness (QED) is 0.673. The van der Waals surface area contributed by atoms with Crippen LogP contribution in [0.25, 0.3) is 0 Å². The van der Waals surface area contributed by atoms with E-state index in [1.54, 1.807) is 0 Å². The van der Waals surface area contributed by atoms with Crippen molar-refractivity contribution in [2.75, 3.05) is 13.1 Å². The molecular formula is C12H23NO2. The number of rotatable bonds is 3. The van der Waals surface area contributed by atoms with E-state index in [0.29, 0.717) is 12.6 Å². The average Bonchev–Trinajstić information content (AvgIpc) is 2.48. The molecule has 3 nitrogen and oxygen atoms in total. The predicted molar refractivity (Wildman–Crippen MR) is 60.7 cm³/mol. The molecule has 0 aromatic heterocycles. The van der Waals surface area contributed by atoms with Crippen molar-refractivity contribution >= 4 is 5.97 Å². The Labute approximate surface area is 92.8 Å². The van der Waals surface area contributed by atoms with Crippen LogP contribution in [-0.4, -0.2) is 35.6 Å². The van der Waals surface area contributed by atoms with Gasteiger partial charge in [0.05, 0.1) is 6.54 Å². The van der Waals surface area contributed by atoms with Gasteiger partial charge in [0.15, 0.2) is 0 Å². The Balaban J connectivity index is 2.37. The van der Waals surface area contributed by atoms with Gasteiger partial charge in [0.25, 0.3) is 0 Å². The lowest BCUT2D eigenvalue weighted by atomic mass is 10.2. The molecule has 1 aliphatic heterocycles. The van der Waals surface area contributed by atoms with Gasteiger partial charge in [-0.3, -0.25) is 9.69 Å². The van der Waals surface area contributed by atoms with Crippen LogP contribution in [0.5, 0.6) is 0 Å². The molecule has 0 aromatic carbocycles. The first-order valence-electron chi connectivity index (χ1n) is 5.88. The molecule has 0 N–H and O–H groups in total. The molecule has 88 valence electrons. The molecule has 1 atom stereocenters. The van der Waals surface area contributed by atoms with Gasteiger partial charge in [-0.1, -0.05) is 6.92 Å². The van der Waals surface area contributed by atoms with Gasteiger partial charge in [0, 0.05) is 6.04 Å². The largest absolute Gasteiger partial charge is 0.459 e. The maximum absolute atomic E-state index is 11.6. The standard InChI is InChI=1S/C12H23NO2/c1-5-10-7-6-8-13(10)9-11(14)15-12(2,3)4/h10H,5-9H2,1-4H3. The molecule has 1 rings (SSSR count). The van der Waals surface area contributed by atoms with Crippen LogP contribution in [-0.2, 0) is 9.53 Å². The van der Waals surface area contributed by atoms with E-state index in [0.717, 1.165) is 13.0 Å². The summed E-state index contributed by atoms with van der Waals surface area (Å²) in [5.41, 5.74) is -0.363. The van der Waals surface area contributed by atoms with E-state index in [4.69, 9.17) is 4.74 Å². The van der Waals surface area contributed by atoms with Crippen molar-refractivity contribution in [3.8, 4) is 0 Å². The van der Waals surface area contributed by atoms with Crippen LogP contribution in [0, 0.1) is 0 Å². The third kappa shape index (κ3) is 4.20. The van der Waals surface area contributed by atoms with Gasteiger partial charge in [-0.2, -0.15) is 0 Å². The van der Waals surface area contributed by atoms with E-state index in [1.807, 2.05) is 20.8 Å². The maximum atomic E-state index is 11.6. The van der Waals surface area contributed by atoms with Crippen molar-refractivity contribution < 1.29 is 9.53 Å². The molecule has 0 amide bonds. The van der Waals surface area contributed by atoms with Crippen LogP contribution in [0.15, 0.2) is 0 Å². The number of carbonyl (C=O) groups excluding carboxylic acids is 1. The second-order valence-electron chi connectivity index (χ2n) is 5.26. The molecule has 0 saturated carbocycles. The Morgan fingerprint density at radius 3 is 2.67 bits per heavy atom. The fraction of sp³-hybridized carbons (Fsp3) is 0.917. The normalized spacial score (nSPS) is 23.1. The summed E-state index contributed by atoms with van der Waals surface area (Å²) >= 11 is 0. The molecular weight excluding hydrogens is 190 g/mol. The molecule has 0 bridgehead atoms. The number of hydrogen-bond acceptors (Lipinski definition) is 3. The van der Waals surface area contributed by atoms with Crippen molar-refractivity contribution in [2.45, 2.75) is 58.6 Å². The highest BCUT2D eigenvalue weighted by atomic mass is 16.6. The number of esters is 1. The first kappa shape index (κ1) is 12.5. The van der Waals surface area contributed by atoms with Crippen LogP contribution in [0.2, 0.25) is 0 Å². The van der Waals surface area contributed by atoms with Gasteiger partial charge in [0.1, 0.15) is 5.60 Å². The third-order valence-electron chi connectivity index (χ3n) is 2.72. The Bertz CT molecular complexity index is 220. The van der Waals surface area contributed by atoms with Crippen LogP contribution in [0.3, 0.4) is 0 Å². The van der Waals surface area contributed by atoms with Gasteiger partial charge in [0.2, 0.25) is 0 Å². The van der Waals surface area contributed by atoms with Gasteiger partial charge >= 0.3 is 5.97 Å². The van der Waals surface area contributed by atoms with E-state index in [9.17, 15) is 4.79 Å². The highest BCUT2D eigenvalue weighted by molar-refractivity contribution is 5.72. The zero-order valence-corrected chi connectivity index (χ0v) is 10.4. The summed E-state index contributed by atoms with van der Waals surface area (Å²) in [6.45, 7) is 9.40. The maximum Gasteiger partial charge on any atom is 0.320 e. The third-order valence-corrected chi connectivity index (χ3v) is 2.72. The summed E-state index contributed by atoms with van der Waals surface area (Å²) in [6.07, 6.45) is 3.56. The summed E-state index contributed by atoms with van der Waals surface area (Å²) < 4.78 is 5.31. The zero-order valence-electron chi connectivity index (χ0n) is 10.4. The summed E-state index contributed by atoms with van der Waals surface area (Å²) in [5.74, 6) is -0.0946. The Kier molecular flexibility index (Phi) is 4.14. The molecule has 1 saturated heterocycles. The zero-order chi connectivity index (χ0) is 11.5. The molecule has 0 radical (unpaired) electrons. The molecule has 0 aliphatic carbocycles. The van der Waals surface area contributed by atoms with Gasteiger partial charge in [-0.05, 0) is 46.6 Å². The second kappa shape index (κ2) is 4.97. The van der Waals surface area contributed by atoms with Crippen molar-refractivity contribution in [1.29, 1.82) is 0 Å². The van der Waals surface area contributed by atoms with Crippen molar-refractivity contribution in [1.82, 2.24) is 4.90 Å². The van der Waals surface area contributed by atoms with Crippen molar-refractivity contribution in [2.24, 2.45) is 0 Å². The first-order chi connectivity index (χ1) is 6.92. The molecule has 1 unspecified atom stereocenters. The van der Waals surface area contributed by atoms with Gasteiger partial charge < -0.3 is 4.74 Å². The van der Waals surface area contributed by atoms with Crippen LogP contribution in [0.4, 0.5) is 0 Å². The SMILES string of the molecule is CCC1CCCN1CC(=O)OC(C)(C)C. The first-order valence-corrected chi connectivity index (χ1v) is 5.88.